The van der Waals surface area contributed by atoms with E-state index in [1.165, 1.54) is 24.5 Å². The number of nitrogens with zero attached hydrogens (tertiary/aromatic N) is 2. The number of hydrogen-bond acceptors (Lipinski definition) is 6. The molecule has 9 heteroatoms. The Bertz CT molecular complexity index is 1330. The number of esters is 1. The number of Topliss-reactive ketones (excluding diaryl/α,β-unsaturated/α-hetero) is 1. The summed E-state index contributed by atoms with van der Waals surface area (Å²) in [6.07, 6.45) is 1.24. The molecule has 2 aromatic carbocycles. The number of benzene rings is 2. The normalized spacial score (nSPS) is 11.1. The largest absolute Gasteiger partial charge is 0.456 e. The molecular weight excluding hydrogens is 419 g/mol. The molecule has 0 atom stereocenters. The van der Waals surface area contributed by atoms with Crippen molar-refractivity contribution in [2.45, 2.75) is 6.54 Å². The number of rotatable bonds is 5. The summed E-state index contributed by atoms with van der Waals surface area (Å²) in [6, 6.07) is 11.5. The number of fused-ring (bicyclic) bond motifs is 3. The van der Waals surface area contributed by atoms with Crippen molar-refractivity contribution >= 4 is 57.0 Å². The highest BCUT2D eigenvalue weighted by molar-refractivity contribution is 6.42. The Morgan fingerprint density at radius 3 is 2.69 bits per heavy atom. The summed E-state index contributed by atoms with van der Waals surface area (Å²) in [4.78, 5) is 41.0. The van der Waals surface area contributed by atoms with Crippen LogP contribution in [0, 0.1) is 0 Å². The van der Waals surface area contributed by atoms with Gasteiger partial charge in [0.15, 0.2) is 12.4 Å². The second-order valence-electron chi connectivity index (χ2n) is 6.17. The van der Waals surface area contributed by atoms with E-state index >= 15 is 0 Å². The number of furan rings is 1. The number of carbonyl (C=O) groups excluding carboxylic acids is 2. The van der Waals surface area contributed by atoms with E-state index in [9.17, 15) is 14.4 Å². The predicted octanol–water partition coefficient (Wildman–Crippen LogP) is 3.88. The first-order valence-electron chi connectivity index (χ1n) is 8.44. The van der Waals surface area contributed by atoms with Gasteiger partial charge in [0, 0.05) is 10.9 Å². The SMILES string of the molecule is O=C(Cn1cnc2c(oc3ccccc32)c1=O)OCC(=O)c1ccc(Cl)c(Cl)c1. The molecule has 0 spiro atoms. The Labute approximate surface area is 173 Å². The van der Waals surface area contributed by atoms with E-state index < -0.39 is 30.5 Å². The van der Waals surface area contributed by atoms with Crippen molar-refractivity contribution in [3.63, 3.8) is 0 Å². The number of aromatic nitrogens is 2. The third-order valence-corrected chi connectivity index (χ3v) is 4.99. The summed E-state index contributed by atoms with van der Waals surface area (Å²) in [5.41, 5.74) is 0.742. The number of ether oxygens (including phenoxy) is 1. The van der Waals surface area contributed by atoms with Crippen molar-refractivity contribution in [2.75, 3.05) is 6.61 Å². The zero-order valence-electron chi connectivity index (χ0n) is 14.7. The Balaban J connectivity index is 1.48. The van der Waals surface area contributed by atoms with Gasteiger partial charge in [-0.25, -0.2) is 4.98 Å². The zero-order chi connectivity index (χ0) is 20.5. The molecule has 7 nitrogen and oxygen atoms in total. The van der Waals surface area contributed by atoms with Crippen molar-refractivity contribution in [1.29, 1.82) is 0 Å². The van der Waals surface area contributed by atoms with Crippen molar-refractivity contribution in [3.8, 4) is 0 Å². The molecule has 4 rings (SSSR count). The van der Waals surface area contributed by atoms with E-state index in [0.29, 0.717) is 21.5 Å². The first kappa shape index (κ1) is 19.2. The average molecular weight is 431 g/mol. The molecule has 0 saturated carbocycles. The molecule has 0 saturated heterocycles. The third kappa shape index (κ3) is 3.74. The van der Waals surface area contributed by atoms with Gasteiger partial charge in [0.2, 0.25) is 5.58 Å². The number of carbonyl (C=O) groups is 2. The highest BCUT2D eigenvalue weighted by Crippen LogP contribution is 2.24. The lowest BCUT2D eigenvalue weighted by molar-refractivity contribution is -0.143. The van der Waals surface area contributed by atoms with Crippen molar-refractivity contribution in [2.24, 2.45) is 0 Å². The highest BCUT2D eigenvalue weighted by Gasteiger charge is 2.16. The van der Waals surface area contributed by atoms with Gasteiger partial charge in [-0.15, -0.1) is 0 Å². The molecule has 0 unspecified atom stereocenters. The van der Waals surface area contributed by atoms with Crippen molar-refractivity contribution in [3.05, 3.63) is 74.8 Å². The lowest BCUT2D eigenvalue weighted by Crippen LogP contribution is -2.26. The van der Waals surface area contributed by atoms with Gasteiger partial charge >= 0.3 is 5.97 Å². The van der Waals surface area contributed by atoms with Crippen LogP contribution >= 0.6 is 23.2 Å². The summed E-state index contributed by atoms with van der Waals surface area (Å²) in [7, 11) is 0. The fraction of sp³-hybridized carbons (Fsp3) is 0.100. The molecule has 29 heavy (non-hydrogen) atoms. The molecule has 0 aliphatic rings. The monoisotopic (exact) mass is 430 g/mol. The smallest absolute Gasteiger partial charge is 0.326 e. The van der Waals surface area contributed by atoms with E-state index in [0.717, 1.165) is 4.57 Å². The highest BCUT2D eigenvalue weighted by atomic mass is 35.5. The number of hydrogen-bond donors (Lipinski definition) is 0. The van der Waals surface area contributed by atoms with Gasteiger partial charge in [0.1, 0.15) is 17.6 Å². The molecule has 2 aromatic heterocycles. The standard InChI is InChI=1S/C20H12Cl2N2O5/c21-13-6-5-11(7-14(13)22)15(25)9-28-17(26)8-24-10-23-18-12-3-1-2-4-16(12)29-19(18)20(24)27/h1-7,10H,8-9H2. The minimum absolute atomic E-state index is 0.0494. The molecule has 4 aromatic rings. The van der Waals surface area contributed by atoms with E-state index in [-0.39, 0.29) is 16.2 Å². The van der Waals surface area contributed by atoms with Crippen LogP contribution in [0.3, 0.4) is 0 Å². The molecule has 0 aliphatic carbocycles. The second kappa shape index (κ2) is 7.69. The van der Waals surface area contributed by atoms with Crippen LogP contribution in [0.15, 0.2) is 58.0 Å². The minimum atomic E-state index is -0.766. The lowest BCUT2D eigenvalue weighted by atomic mass is 10.1. The summed E-state index contributed by atoms with van der Waals surface area (Å²) >= 11 is 11.7. The van der Waals surface area contributed by atoms with Crippen LogP contribution in [-0.2, 0) is 16.1 Å². The molecule has 2 heterocycles. The molecule has 0 radical (unpaired) electrons. The Hall–Kier alpha value is -3.16. The van der Waals surface area contributed by atoms with E-state index in [1.54, 1.807) is 18.2 Å². The minimum Gasteiger partial charge on any atom is -0.456 e. The fourth-order valence-electron chi connectivity index (χ4n) is 2.81. The zero-order valence-corrected chi connectivity index (χ0v) is 16.2. The molecule has 0 aliphatic heterocycles. The van der Waals surface area contributed by atoms with Crippen LogP contribution in [0.4, 0.5) is 0 Å². The van der Waals surface area contributed by atoms with Crippen LogP contribution in [0.2, 0.25) is 10.0 Å². The number of ketones is 1. The van der Waals surface area contributed by atoms with Gasteiger partial charge in [-0.3, -0.25) is 19.0 Å². The Kier molecular flexibility index (Phi) is 5.08. The quantitative estimate of drug-likeness (QED) is 0.352. The molecular formula is C20H12Cl2N2O5. The van der Waals surface area contributed by atoms with Gasteiger partial charge in [0.25, 0.3) is 5.56 Å². The summed E-state index contributed by atoms with van der Waals surface area (Å²) in [6.45, 7) is -0.903. The average Bonchev–Trinajstić information content (AvgIpc) is 3.10. The maximum atomic E-state index is 12.6. The van der Waals surface area contributed by atoms with Crippen LogP contribution in [0.5, 0.6) is 0 Å². The number of halogens is 2. The van der Waals surface area contributed by atoms with Gasteiger partial charge in [-0.05, 0) is 30.3 Å². The van der Waals surface area contributed by atoms with Crippen molar-refractivity contribution in [1.82, 2.24) is 9.55 Å². The molecule has 0 N–H and O–H groups in total. The van der Waals surface area contributed by atoms with Crippen LogP contribution < -0.4 is 5.56 Å². The topological polar surface area (TPSA) is 91.4 Å². The van der Waals surface area contributed by atoms with Gasteiger partial charge < -0.3 is 9.15 Å². The summed E-state index contributed by atoms with van der Waals surface area (Å²) in [5, 5.41) is 1.25. The Morgan fingerprint density at radius 2 is 1.90 bits per heavy atom. The summed E-state index contributed by atoms with van der Waals surface area (Å²) in [5.74, 6) is -1.21. The van der Waals surface area contributed by atoms with Crippen LogP contribution in [0.1, 0.15) is 10.4 Å². The lowest BCUT2D eigenvalue weighted by Gasteiger charge is -2.07. The van der Waals surface area contributed by atoms with Crippen LogP contribution in [0.25, 0.3) is 22.1 Å². The number of para-hydroxylation sites is 1. The van der Waals surface area contributed by atoms with Crippen LogP contribution in [-0.4, -0.2) is 27.9 Å². The van der Waals surface area contributed by atoms with E-state index in [1.807, 2.05) is 6.07 Å². The molecule has 0 amide bonds. The molecule has 0 fully saturated rings. The van der Waals surface area contributed by atoms with Gasteiger partial charge in [0.05, 0.1) is 16.4 Å². The first-order valence-corrected chi connectivity index (χ1v) is 9.20. The predicted molar refractivity (Wildman–Crippen MR) is 108 cm³/mol. The maximum Gasteiger partial charge on any atom is 0.326 e. The Morgan fingerprint density at radius 1 is 1.10 bits per heavy atom. The third-order valence-electron chi connectivity index (χ3n) is 4.26. The van der Waals surface area contributed by atoms with E-state index in [2.05, 4.69) is 4.98 Å². The van der Waals surface area contributed by atoms with E-state index in [4.69, 9.17) is 32.4 Å². The molecule has 0 bridgehead atoms. The summed E-state index contributed by atoms with van der Waals surface area (Å²) < 4.78 is 11.6. The first-order chi connectivity index (χ1) is 13.9. The van der Waals surface area contributed by atoms with Gasteiger partial charge in [-0.2, -0.15) is 0 Å². The molecule has 146 valence electrons. The van der Waals surface area contributed by atoms with Crippen molar-refractivity contribution < 1.29 is 18.7 Å². The second-order valence-corrected chi connectivity index (χ2v) is 6.98. The maximum absolute atomic E-state index is 12.6. The van der Waals surface area contributed by atoms with Gasteiger partial charge in [-0.1, -0.05) is 35.3 Å². The fourth-order valence-corrected chi connectivity index (χ4v) is 3.11.